The second-order valence-electron chi connectivity index (χ2n) is 7.49. The summed E-state index contributed by atoms with van der Waals surface area (Å²) in [7, 11) is 0. The average molecular weight is 360 g/mol. The normalized spacial score (nSPS) is 24.4. The summed E-state index contributed by atoms with van der Waals surface area (Å²) in [6.07, 6.45) is 2.90. The van der Waals surface area contributed by atoms with Gasteiger partial charge in [0.2, 0.25) is 11.8 Å². The van der Waals surface area contributed by atoms with Gasteiger partial charge in [0.05, 0.1) is 12.1 Å². The van der Waals surface area contributed by atoms with Crippen LogP contribution in [-0.4, -0.2) is 27.6 Å². The van der Waals surface area contributed by atoms with Crippen molar-refractivity contribution in [1.82, 2.24) is 9.80 Å². The fourth-order valence-corrected chi connectivity index (χ4v) is 4.85. The van der Waals surface area contributed by atoms with E-state index in [1.54, 1.807) is 0 Å². The van der Waals surface area contributed by atoms with Crippen LogP contribution in [0.15, 0.2) is 48.5 Å². The fraction of sp³-hybridized carbons (Fsp3) is 0.318. The van der Waals surface area contributed by atoms with E-state index in [0.29, 0.717) is 0 Å². The Bertz CT molecular complexity index is 892. The summed E-state index contributed by atoms with van der Waals surface area (Å²) >= 11 is 0. The van der Waals surface area contributed by atoms with E-state index < -0.39 is 6.03 Å². The quantitative estimate of drug-likeness (QED) is 0.770. The number of urea groups is 1. The van der Waals surface area contributed by atoms with Crippen molar-refractivity contribution in [2.45, 2.75) is 44.2 Å². The first-order valence-corrected chi connectivity index (χ1v) is 9.49. The minimum atomic E-state index is -0.459. The first kappa shape index (κ1) is 16.2. The molecule has 0 bridgehead atoms. The molecule has 5 rings (SSSR count). The van der Waals surface area contributed by atoms with Crippen molar-refractivity contribution in [3.63, 3.8) is 0 Å². The van der Waals surface area contributed by atoms with Gasteiger partial charge in [-0.05, 0) is 47.9 Å². The molecule has 3 aliphatic rings. The third kappa shape index (κ3) is 2.41. The molecular formula is C22H20N2O3. The Kier molecular flexibility index (Phi) is 3.64. The molecule has 1 aliphatic heterocycles. The molecule has 2 atom stereocenters. The van der Waals surface area contributed by atoms with E-state index in [1.165, 1.54) is 20.9 Å². The number of hydrogen-bond acceptors (Lipinski definition) is 3. The zero-order valence-corrected chi connectivity index (χ0v) is 14.9. The van der Waals surface area contributed by atoms with E-state index in [1.807, 2.05) is 48.5 Å². The smallest absolute Gasteiger partial charge is 0.274 e. The number of imide groups is 2. The molecule has 0 radical (unpaired) electrons. The van der Waals surface area contributed by atoms with Crippen molar-refractivity contribution in [3.05, 3.63) is 70.8 Å². The Morgan fingerprint density at radius 3 is 1.59 bits per heavy atom. The topological polar surface area (TPSA) is 57.7 Å². The molecule has 0 saturated carbocycles. The molecule has 5 heteroatoms. The highest BCUT2D eigenvalue weighted by Gasteiger charge is 2.47. The van der Waals surface area contributed by atoms with Crippen LogP contribution in [0.2, 0.25) is 0 Å². The predicted molar refractivity (Wildman–Crippen MR) is 98.7 cm³/mol. The first-order chi connectivity index (χ1) is 13.1. The SMILES string of the molecule is O=C1CC(=O)N(C2CCc3ccccc32)C(=O)N1C1CCc2ccccc21. The summed E-state index contributed by atoms with van der Waals surface area (Å²) in [6.45, 7) is 0. The molecule has 0 N–H and O–H groups in total. The molecule has 1 saturated heterocycles. The van der Waals surface area contributed by atoms with Crippen LogP contribution in [0.25, 0.3) is 0 Å². The maximum Gasteiger partial charge on any atom is 0.334 e. The van der Waals surface area contributed by atoms with Gasteiger partial charge in [-0.15, -0.1) is 0 Å². The van der Waals surface area contributed by atoms with Crippen LogP contribution in [0.3, 0.4) is 0 Å². The van der Waals surface area contributed by atoms with E-state index in [9.17, 15) is 14.4 Å². The maximum atomic E-state index is 13.4. The molecular weight excluding hydrogens is 340 g/mol. The molecule has 2 unspecified atom stereocenters. The monoisotopic (exact) mass is 360 g/mol. The van der Waals surface area contributed by atoms with E-state index in [4.69, 9.17) is 0 Å². The molecule has 27 heavy (non-hydrogen) atoms. The highest BCUT2D eigenvalue weighted by Crippen LogP contribution is 2.42. The number of carbonyl (C=O) groups excluding carboxylic acids is 3. The number of rotatable bonds is 2. The van der Waals surface area contributed by atoms with Crippen LogP contribution in [0.1, 0.15) is 53.6 Å². The Balaban J connectivity index is 1.51. The van der Waals surface area contributed by atoms with Crippen molar-refractivity contribution in [2.75, 3.05) is 0 Å². The molecule has 2 aromatic rings. The molecule has 2 aliphatic carbocycles. The average Bonchev–Trinajstić information content (AvgIpc) is 3.27. The summed E-state index contributed by atoms with van der Waals surface area (Å²) in [5.74, 6) is -0.761. The lowest BCUT2D eigenvalue weighted by Crippen LogP contribution is -2.56. The minimum absolute atomic E-state index is 0.233. The molecule has 136 valence electrons. The number of nitrogens with zero attached hydrogens (tertiary/aromatic N) is 2. The van der Waals surface area contributed by atoms with Gasteiger partial charge in [0.25, 0.3) is 0 Å². The van der Waals surface area contributed by atoms with Crippen LogP contribution in [-0.2, 0) is 22.4 Å². The van der Waals surface area contributed by atoms with E-state index in [-0.39, 0.29) is 30.3 Å². The first-order valence-electron chi connectivity index (χ1n) is 9.49. The number of aryl methyl sites for hydroxylation is 2. The summed E-state index contributed by atoms with van der Waals surface area (Å²) in [6, 6.07) is 14.9. The molecule has 5 nitrogen and oxygen atoms in total. The molecule has 0 aromatic heterocycles. The van der Waals surface area contributed by atoms with Crippen molar-refractivity contribution in [1.29, 1.82) is 0 Å². The lowest BCUT2D eigenvalue weighted by molar-refractivity contribution is -0.145. The number of carbonyl (C=O) groups is 3. The van der Waals surface area contributed by atoms with Crippen LogP contribution in [0.4, 0.5) is 4.79 Å². The Hall–Kier alpha value is -2.95. The van der Waals surface area contributed by atoms with Crippen molar-refractivity contribution in [3.8, 4) is 0 Å². The number of benzene rings is 2. The third-order valence-electron chi connectivity index (χ3n) is 6.08. The summed E-state index contributed by atoms with van der Waals surface area (Å²) in [5.41, 5.74) is 4.41. The molecule has 0 spiro atoms. The molecule has 4 amide bonds. The Morgan fingerprint density at radius 2 is 1.11 bits per heavy atom. The van der Waals surface area contributed by atoms with Crippen LogP contribution in [0, 0.1) is 0 Å². The maximum absolute atomic E-state index is 13.4. The van der Waals surface area contributed by atoms with Crippen LogP contribution < -0.4 is 0 Å². The largest absolute Gasteiger partial charge is 0.334 e. The Labute approximate surface area is 157 Å². The predicted octanol–water partition coefficient (Wildman–Crippen LogP) is 3.54. The van der Waals surface area contributed by atoms with Gasteiger partial charge in [0.1, 0.15) is 6.42 Å². The number of fused-ring (bicyclic) bond motifs is 2. The van der Waals surface area contributed by atoms with Gasteiger partial charge in [0, 0.05) is 0 Å². The summed E-state index contributed by atoms with van der Waals surface area (Å²) < 4.78 is 0. The lowest BCUT2D eigenvalue weighted by Gasteiger charge is -2.39. The molecule has 1 heterocycles. The van der Waals surface area contributed by atoms with Gasteiger partial charge < -0.3 is 0 Å². The fourth-order valence-electron chi connectivity index (χ4n) is 4.85. The number of hydrogen-bond donors (Lipinski definition) is 0. The number of barbiturate groups is 1. The van der Waals surface area contributed by atoms with Gasteiger partial charge in [-0.2, -0.15) is 0 Å². The zero-order chi connectivity index (χ0) is 18.5. The second kappa shape index (κ2) is 6.05. The van der Waals surface area contributed by atoms with E-state index >= 15 is 0 Å². The van der Waals surface area contributed by atoms with Gasteiger partial charge in [0.15, 0.2) is 0 Å². The highest BCUT2D eigenvalue weighted by molar-refractivity contribution is 6.14. The van der Waals surface area contributed by atoms with Gasteiger partial charge >= 0.3 is 6.03 Å². The van der Waals surface area contributed by atoms with Gasteiger partial charge in [-0.25, -0.2) is 4.79 Å². The van der Waals surface area contributed by atoms with Crippen LogP contribution in [0.5, 0.6) is 0 Å². The van der Waals surface area contributed by atoms with E-state index in [0.717, 1.165) is 36.8 Å². The van der Waals surface area contributed by atoms with Crippen molar-refractivity contribution in [2.24, 2.45) is 0 Å². The van der Waals surface area contributed by atoms with Crippen molar-refractivity contribution < 1.29 is 14.4 Å². The van der Waals surface area contributed by atoms with Gasteiger partial charge in [-0.1, -0.05) is 48.5 Å². The molecule has 1 fully saturated rings. The van der Waals surface area contributed by atoms with Crippen LogP contribution >= 0.6 is 0 Å². The zero-order valence-electron chi connectivity index (χ0n) is 14.9. The summed E-state index contributed by atoms with van der Waals surface area (Å²) in [4.78, 5) is 41.4. The lowest BCUT2D eigenvalue weighted by atomic mass is 10.0. The molecule has 2 aromatic carbocycles. The second-order valence-corrected chi connectivity index (χ2v) is 7.49. The van der Waals surface area contributed by atoms with E-state index in [2.05, 4.69) is 0 Å². The van der Waals surface area contributed by atoms with Crippen molar-refractivity contribution >= 4 is 17.8 Å². The van der Waals surface area contributed by atoms with Gasteiger partial charge in [-0.3, -0.25) is 19.4 Å². The highest BCUT2D eigenvalue weighted by atomic mass is 16.2. The third-order valence-corrected chi connectivity index (χ3v) is 6.08. The summed E-state index contributed by atoms with van der Waals surface area (Å²) in [5, 5.41) is 0. The minimum Gasteiger partial charge on any atom is -0.274 e. The number of amides is 4. The Morgan fingerprint density at radius 1 is 0.667 bits per heavy atom. The standard InChI is InChI=1S/C22H20N2O3/c25-20-13-21(26)24(19-12-10-15-6-2-4-8-17(15)19)22(27)23(20)18-11-9-14-5-1-3-7-16(14)18/h1-8,18-19H,9-13H2.